The van der Waals surface area contributed by atoms with E-state index in [1.807, 2.05) is 6.07 Å². The van der Waals surface area contributed by atoms with Crippen LogP contribution in [0, 0.1) is 11.3 Å². The fourth-order valence-electron chi connectivity index (χ4n) is 2.10. The lowest BCUT2D eigenvalue weighted by Gasteiger charge is -2.17. The molecule has 0 saturated heterocycles. The highest BCUT2D eigenvalue weighted by atomic mass is 32.2. The maximum Gasteiger partial charge on any atom is 0.253 e. The summed E-state index contributed by atoms with van der Waals surface area (Å²) in [7, 11) is -1.60. The van der Waals surface area contributed by atoms with Crippen molar-refractivity contribution in [2.75, 3.05) is 13.3 Å². The Kier molecular flexibility index (Phi) is 4.82. The van der Waals surface area contributed by atoms with Gasteiger partial charge in [0.25, 0.3) is 5.91 Å². The molecule has 0 aliphatic rings. The number of hydrogen-bond donors (Lipinski definition) is 0. The van der Waals surface area contributed by atoms with Crippen molar-refractivity contribution in [1.82, 2.24) is 4.90 Å². The van der Waals surface area contributed by atoms with Gasteiger partial charge in [-0.3, -0.25) is 4.79 Å². The Morgan fingerprint density at radius 3 is 2.13 bits per heavy atom. The van der Waals surface area contributed by atoms with Crippen LogP contribution in [0.15, 0.2) is 53.4 Å². The molecule has 2 aromatic rings. The summed E-state index contributed by atoms with van der Waals surface area (Å²) in [6.07, 6.45) is 1.13. The van der Waals surface area contributed by atoms with Gasteiger partial charge in [-0.25, -0.2) is 8.42 Å². The average Bonchev–Trinajstić information content (AvgIpc) is 2.54. The number of amides is 1. The van der Waals surface area contributed by atoms with E-state index in [1.54, 1.807) is 31.3 Å². The van der Waals surface area contributed by atoms with Gasteiger partial charge in [-0.2, -0.15) is 5.26 Å². The summed E-state index contributed by atoms with van der Waals surface area (Å²) in [6.45, 7) is 0.401. The molecule has 0 aliphatic heterocycles. The fraction of sp³-hybridized carbons (Fsp3) is 0.176. The van der Waals surface area contributed by atoms with Crippen molar-refractivity contribution in [2.24, 2.45) is 0 Å². The number of benzene rings is 2. The topological polar surface area (TPSA) is 78.2 Å². The maximum atomic E-state index is 12.4. The molecular formula is C17H16N2O3S. The molecule has 0 radical (unpaired) electrons. The highest BCUT2D eigenvalue weighted by Gasteiger charge is 2.14. The predicted molar refractivity (Wildman–Crippen MR) is 86.5 cm³/mol. The summed E-state index contributed by atoms with van der Waals surface area (Å²) in [6, 6.07) is 14.9. The van der Waals surface area contributed by atoms with Crippen molar-refractivity contribution in [2.45, 2.75) is 11.4 Å². The van der Waals surface area contributed by atoms with Crippen molar-refractivity contribution in [3.05, 3.63) is 65.2 Å². The Labute approximate surface area is 135 Å². The molecule has 1 amide bonds. The lowest BCUT2D eigenvalue weighted by molar-refractivity contribution is 0.0785. The zero-order chi connectivity index (χ0) is 17.0. The number of hydrogen-bond acceptors (Lipinski definition) is 4. The van der Waals surface area contributed by atoms with Crippen LogP contribution in [0.1, 0.15) is 21.5 Å². The lowest BCUT2D eigenvalue weighted by Crippen LogP contribution is -2.26. The Morgan fingerprint density at radius 1 is 1.09 bits per heavy atom. The molecule has 23 heavy (non-hydrogen) atoms. The van der Waals surface area contributed by atoms with Crippen molar-refractivity contribution in [3.63, 3.8) is 0 Å². The zero-order valence-corrected chi connectivity index (χ0v) is 13.7. The van der Waals surface area contributed by atoms with Gasteiger partial charge in [-0.1, -0.05) is 12.1 Å². The summed E-state index contributed by atoms with van der Waals surface area (Å²) in [5, 5.41) is 8.77. The van der Waals surface area contributed by atoms with Crippen LogP contribution in [-0.2, 0) is 16.4 Å². The Hall–Kier alpha value is -2.65. The van der Waals surface area contributed by atoms with Crippen LogP contribution in [-0.4, -0.2) is 32.5 Å². The van der Waals surface area contributed by atoms with Gasteiger partial charge in [-0.15, -0.1) is 0 Å². The van der Waals surface area contributed by atoms with E-state index >= 15 is 0 Å². The molecule has 0 aromatic heterocycles. The van der Waals surface area contributed by atoms with Crippen LogP contribution in [0.3, 0.4) is 0 Å². The third kappa shape index (κ3) is 4.18. The molecule has 2 aromatic carbocycles. The molecule has 0 N–H and O–H groups in total. The Bertz CT molecular complexity index is 848. The van der Waals surface area contributed by atoms with E-state index in [4.69, 9.17) is 5.26 Å². The Balaban J connectivity index is 2.11. The van der Waals surface area contributed by atoms with E-state index in [0.29, 0.717) is 17.7 Å². The van der Waals surface area contributed by atoms with Crippen molar-refractivity contribution in [3.8, 4) is 6.07 Å². The molecule has 0 bridgehead atoms. The molecule has 0 atom stereocenters. The van der Waals surface area contributed by atoms with Crippen LogP contribution in [0.4, 0.5) is 0 Å². The summed E-state index contributed by atoms with van der Waals surface area (Å²) in [5.41, 5.74) is 1.90. The first-order chi connectivity index (χ1) is 10.8. The molecule has 118 valence electrons. The molecule has 0 heterocycles. The van der Waals surface area contributed by atoms with Crippen molar-refractivity contribution >= 4 is 15.7 Å². The van der Waals surface area contributed by atoms with Crippen LogP contribution in [0.5, 0.6) is 0 Å². The van der Waals surface area contributed by atoms with Crippen LogP contribution < -0.4 is 0 Å². The van der Waals surface area contributed by atoms with E-state index in [9.17, 15) is 13.2 Å². The number of sulfone groups is 1. The molecule has 6 heteroatoms. The van der Waals surface area contributed by atoms with Gasteiger partial charge in [0, 0.05) is 25.4 Å². The first-order valence-corrected chi connectivity index (χ1v) is 8.75. The summed E-state index contributed by atoms with van der Waals surface area (Å²) < 4.78 is 22.8. The lowest BCUT2D eigenvalue weighted by atomic mass is 10.1. The second-order valence-electron chi connectivity index (χ2n) is 5.27. The summed E-state index contributed by atoms with van der Waals surface area (Å²) in [4.78, 5) is 14.1. The van der Waals surface area contributed by atoms with Gasteiger partial charge in [0.1, 0.15) is 0 Å². The van der Waals surface area contributed by atoms with Gasteiger partial charge < -0.3 is 4.90 Å². The normalized spacial score (nSPS) is 10.8. The minimum Gasteiger partial charge on any atom is -0.337 e. The third-order valence-corrected chi connectivity index (χ3v) is 4.51. The quantitative estimate of drug-likeness (QED) is 0.862. The van der Waals surface area contributed by atoms with Crippen LogP contribution >= 0.6 is 0 Å². The third-order valence-electron chi connectivity index (χ3n) is 3.38. The Morgan fingerprint density at radius 2 is 1.65 bits per heavy atom. The van der Waals surface area contributed by atoms with Crippen molar-refractivity contribution in [1.29, 1.82) is 5.26 Å². The van der Waals surface area contributed by atoms with E-state index in [-0.39, 0.29) is 10.8 Å². The second-order valence-corrected chi connectivity index (χ2v) is 7.28. The minimum atomic E-state index is -3.27. The number of rotatable bonds is 4. The van der Waals surface area contributed by atoms with Gasteiger partial charge in [0.2, 0.25) is 0 Å². The standard InChI is InChI=1S/C17H16N2O3S/c1-19(12-14-5-3-13(11-18)4-6-14)17(20)15-7-9-16(10-8-15)23(2,21)22/h3-10H,12H2,1-2H3. The monoisotopic (exact) mass is 328 g/mol. The highest BCUT2D eigenvalue weighted by molar-refractivity contribution is 7.90. The number of carbonyl (C=O) groups excluding carboxylic acids is 1. The van der Waals surface area contributed by atoms with Gasteiger partial charge >= 0.3 is 0 Å². The fourth-order valence-corrected chi connectivity index (χ4v) is 2.73. The highest BCUT2D eigenvalue weighted by Crippen LogP contribution is 2.13. The SMILES string of the molecule is CN(Cc1ccc(C#N)cc1)C(=O)c1ccc(S(C)(=O)=O)cc1. The second kappa shape index (κ2) is 6.63. The molecular weight excluding hydrogens is 312 g/mol. The van der Waals surface area contributed by atoms with Crippen LogP contribution in [0.2, 0.25) is 0 Å². The zero-order valence-electron chi connectivity index (χ0n) is 12.9. The van der Waals surface area contributed by atoms with Gasteiger partial charge in [-0.05, 0) is 42.0 Å². The predicted octanol–water partition coefficient (Wildman–Crippen LogP) is 2.23. The first-order valence-electron chi connectivity index (χ1n) is 6.86. The largest absolute Gasteiger partial charge is 0.337 e. The van der Waals surface area contributed by atoms with Gasteiger partial charge in [0.15, 0.2) is 9.84 Å². The number of nitrogens with zero attached hydrogens (tertiary/aromatic N) is 2. The number of nitriles is 1. The van der Waals surface area contributed by atoms with E-state index < -0.39 is 9.84 Å². The molecule has 0 fully saturated rings. The maximum absolute atomic E-state index is 12.4. The van der Waals surface area contributed by atoms with Crippen molar-refractivity contribution < 1.29 is 13.2 Å². The van der Waals surface area contributed by atoms with Crippen LogP contribution in [0.25, 0.3) is 0 Å². The average molecular weight is 328 g/mol. The summed E-state index contributed by atoms with van der Waals surface area (Å²) >= 11 is 0. The first kappa shape index (κ1) is 16.7. The van der Waals surface area contributed by atoms with Gasteiger partial charge in [0.05, 0.1) is 16.5 Å². The molecule has 0 saturated carbocycles. The molecule has 2 rings (SSSR count). The van der Waals surface area contributed by atoms with E-state index in [2.05, 4.69) is 0 Å². The number of carbonyl (C=O) groups is 1. The summed E-state index contributed by atoms with van der Waals surface area (Å²) in [5.74, 6) is -0.200. The molecule has 5 nitrogen and oxygen atoms in total. The van der Waals surface area contributed by atoms with E-state index in [1.165, 1.54) is 29.2 Å². The smallest absolute Gasteiger partial charge is 0.253 e. The minimum absolute atomic E-state index is 0.184. The molecule has 0 unspecified atom stereocenters. The molecule has 0 spiro atoms. The van der Waals surface area contributed by atoms with E-state index in [0.717, 1.165) is 11.8 Å². The molecule has 0 aliphatic carbocycles.